The third-order valence-electron chi connectivity index (χ3n) is 5.52. The fraction of sp³-hybridized carbons (Fsp3) is 0.333. The van der Waals surface area contributed by atoms with E-state index in [1.165, 1.54) is 16.0 Å². The van der Waals surface area contributed by atoms with Crippen molar-refractivity contribution in [3.05, 3.63) is 63.1 Å². The van der Waals surface area contributed by atoms with Gasteiger partial charge in [0.15, 0.2) is 0 Å². The van der Waals surface area contributed by atoms with Crippen LogP contribution in [0.1, 0.15) is 35.6 Å². The maximum Gasteiger partial charge on any atom is 0.325 e. The van der Waals surface area contributed by atoms with Gasteiger partial charge < -0.3 is 10.1 Å². The number of hydrogen-bond donors (Lipinski definition) is 1. The predicted molar refractivity (Wildman–Crippen MR) is 106 cm³/mol. The number of methoxy groups -OCH3 is 1. The average Bonchev–Trinajstić information content (AvgIpc) is 3.20. The zero-order valence-electron chi connectivity index (χ0n) is 15.3. The van der Waals surface area contributed by atoms with Crippen LogP contribution in [0.2, 0.25) is 0 Å². The van der Waals surface area contributed by atoms with Gasteiger partial charge in [-0.3, -0.25) is 9.69 Å². The van der Waals surface area contributed by atoms with Crippen LogP contribution in [-0.2, 0) is 29.7 Å². The van der Waals surface area contributed by atoms with E-state index in [2.05, 4.69) is 33.4 Å². The Labute approximate surface area is 166 Å². The Morgan fingerprint density at radius 1 is 1.15 bits per heavy atom. The maximum absolute atomic E-state index is 13.2. The number of halogens is 1. The van der Waals surface area contributed by atoms with Crippen molar-refractivity contribution in [2.45, 2.75) is 38.3 Å². The molecule has 4 rings (SSSR count). The number of urea groups is 1. The molecule has 2 aromatic rings. The minimum absolute atomic E-state index is 0.161. The van der Waals surface area contributed by atoms with E-state index >= 15 is 0 Å². The Morgan fingerprint density at radius 2 is 1.93 bits per heavy atom. The topological polar surface area (TPSA) is 58.6 Å². The van der Waals surface area contributed by atoms with E-state index in [4.69, 9.17) is 4.74 Å². The number of fused-ring (bicyclic) bond motifs is 1. The second-order valence-electron chi connectivity index (χ2n) is 7.24. The lowest BCUT2D eigenvalue weighted by Crippen LogP contribution is -2.41. The summed E-state index contributed by atoms with van der Waals surface area (Å²) < 4.78 is 6.24. The molecule has 0 saturated carbocycles. The summed E-state index contributed by atoms with van der Waals surface area (Å²) in [4.78, 5) is 27.1. The van der Waals surface area contributed by atoms with Crippen LogP contribution < -0.4 is 10.1 Å². The Morgan fingerprint density at radius 3 is 2.70 bits per heavy atom. The molecule has 1 aliphatic heterocycles. The lowest BCUT2D eigenvalue weighted by molar-refractivity contribution is -0.131. The van der Waals surface area contributed by atoms with Crippen LogP contribution in [0.5, 0.6) is 5.75 Å². The van der Waals surface area contributed by atoms with E-state index in [1.54, 1.807) is 14.0 Å². The molecule has 1 fully saturated rings. The fourth-order valence-corrected chi connectivity index (χ4v) is 4.37. The van der Waals surface area contributed by atoms with Crippen LogP contribution in [0.4, 0.5) is 4.79 Å². The largest absolute Gasteiger partial charge is 0.496 e. The number of nitrogens with zero attached hydrogens (tertiary/aromatic N) is 1. The number of rotatable bonds is 4. The third-order valence-corrected chi connectivity index (χ3v) is 6.01. The second-order valence-corrected chi connectivity index (χ2v) is 8.16. The highest BCUT2D eigenvalue weighted by Crippen LogP contribution is 2.34. The van der Waals surface area contributed by atoms with Crippen molar-refractivity contribution in [1.82, 2.24) is 10.2 Å². The minimum Gasteiger partial charge on any atom is -0.496 e. The van der Waals surface area contributed by atoms with Crippen LogP contribution >= 0.6 is 15.9 Å². The molecule has 0 aromatic heterocycles. The smallest absolute Gasteiger partial charge is 0.325 e. The number of nitrogens with one attached hydrogen (secondary N) is 1. The molecule has 0 unspecified atom stereocenters. The number of carbonyl (C=O) groups excluding carboxylic acids is 2. The zero-order valence-corrected chi connectivity index (χ0v) is 16.9. The monoisotopic (exact) mass is 428 g/mol. The summed E-state index contributed by atoms with van der Waals surface area (Å²) in [6.45, 7) is 1.94. The summed E-state index contributed by atoms with van der Waals surface area (Å²) in [5, 5.41) is 2.89. The zero-order chi connectivity index (χ0) is 19.2. The lowest BCUT2D eigenvalue weighted by Gasteiger charge is -2.23. The molecule has 5 nitrogen and oxygen atoms in total. The standard InChI is InChI=1S/C21H21BrN2O3/c1-21(16-7-6-13-4-3-5-14(13)10-16)19(25)24(20(26)23-21)12-15-11-17(22)8-9-18(15)27-2/h6-11H,3-5,12H2,1-2H3,(H,23,26)/t21-/m0/s1. The number of aryl methyl sites for hydroxylation is 2. The molecule has 6 heteroatoms. The summed E-state index contributed by atoms with van der Waals surface area (Å²) in [5.74, 6) is 0.400. The molecule has 1 saturated heterocycles. The molecule has 1 aliphatic carbocycles. The van der Waals surface area contributed by atoms with Crippen molar-refractivity contribution >= 4 is 27.9 Å². The van der Waals surface area contributed by atoms with Gasteiger partial charge in [0.25, 0.3) is 5.91 Å². The average molecular weight is 429 g/mol. The van der Waals surface area contributed by atoms with Crippen LogP contribution in [0.25, 0.3) is 0 Å². The van der Waals surface area contributed by atoms with E-state index in [-0.39, 0.29) is 18.5 Å². The van der Waals surface area contributed by atoms with Gasteiger partial charge in [0.05, 0.1) is 13.7 Å². The van der Waals surface area contributed by atoms with E-state index in [1.807, 2.05) is 24.3 Å². The summed E-state index contributed by atoms with van der Waals surface area (Å²) in [5.41, 5.74) is 3.19. The SMILES string of the molecule is COc1ccc(Br)cc1CN1C(=O)N[C@@](C)(c2ccc3c(c2)CCC3)C1=O. The summed E-state index contributed by atoms with van der Waals surface area (Å²) in [6, 6.07) is 11.3. The maximum atomic E-state index is 13.2. The van der Waals surface area contributed by atoms with E-state index in [0.29, 0.717) is 5.75 Å². The molecule has 0 bridgehead atoms. The van der Waals surface area contributed by atoms with Crippen LogP contribution in [0.15, 0.2) is 40.9 Å². The van der Waals surface area contributed by atoms with E-state index in [0.717, 1.165) is 34.9 Å². The van der Waals surface area contributed by atoms with Crippen LogP contribution in [0.3, 0.4) is 0 Å². The number of amides is 3. The Bertz CT molecular complexity index is 943. The van der Waals surface area contributed by atoms with Crippen molar-refractivity contribution in [2.24, 2.45) is 0 Å². The Balaban J connectivity index is 1.65. The van der Waals surface area contributed by atoms with Gasteiger partial charge in [-0.05, 0) is 61.1 Å². The number of carbonyl (C=O) groups is 2. The van der Waals surface area contributed by atoms with E-state index < -0.39 is 5.54 Å². The quantitative estimate of drug-likeness (QED) is 0.750. The van der Waals surface area contributed by atoms with Crippen molar-refractivity contribution in [2.75, 3.05) is 7.11 Å². The van der Waals surface area contributed by atoms with Gasteiger partial charge >= 0.3 is 6.03 Å². The highest BCUT2D eigenvalue weighted by atomic mass is 79.9. The molecular formula is C21H21BrN2O3. The van der Waals surface area contributed by atoms with Gasteiger partial charge in [-0.15, -0.1) is 0 Å². The summed E-state index contributed by atoms with van der Waals surface area (Å²) in [6.07, 6.45) is 3.26. The van der Waals surface area contributed by atoms with Crippen molar-refractivity contribution in [3.63, 3.8) is 0 Å². The Hall–Kier alpha value is -2.34. The highest BCUT2D eigenvalue weighted by Gasteiger charge is 2.49. The predicted octanol–water partition coefficient (Wildman–Crippen LogP) is 3.91. The van der Waals surface area contributed by atoms with E-state index in [9.17, 15) is 9.59 Å². The Kier molecular flexibility index (Phi) is 4.46. The fourth-order valence-electron chi connectivity index (χ4n) is 3.96. The molecule has 140 valence electrons. The minimum atomic E-state index is -1.05. The molecule has 2 aromatic carbocycles. The molecule has 1 heterocycles. The second kappa shape index (κ2) is 6.68. The van der Waals surface area contributed by atoms with Gasteiger partial charge in [0.1, 0.15) is 11.3 Å². The molecule has 3 amide bonds. The number of hydrogen-bond acceptors (Lipinski definition) is 3. The first-order valence-electron chi connectivity index (χ1n) is 9.01. The first kappa shape index (κ1) is 18.0. The van der Waals surface area contributed by atoms with Gasteiger partial charge in [-0.2, -0.15) is 0 Å². The molecule has 1 atom stereocenters. The number of benzene rings is 2. The third kappa shape index (κ3) is 3.02. The van der Waals surface area contributed by atoms with Gasteiger partial charge in [0, 0.05) is 10.0 Å². The van der Waals surface area contributed by atoms with Crippen LogP contribution in [0, 0.1) is 0 Å². The number of imide groups is 1. The van der Waals surface area contributed by atoms with Crippen molar-refractivity contribution in [3.8, 4) is 5.75 Å². The molecule has 1 N–H and O–H groups in total. The first-order valence-corrected chi connectivity index (χ1v) is 9.80. The van der Waals surface area contributed by atoms with Gasteiger partial charge in [0.2, 0.25) is 0 Å². The first-order chi connectivity index (χ1) is 12.9. The lowest BCUT2D eigenvalue weighted by atomic mass is 9.89. The van der Waals surface area contributed by atoms with Crippen molar-refractivity contribution in [1.29, 1.82) is 0 Å². The summed E-state index contributed by atoms with van der Waals surface area (Å²) in [7, 11) is 1.58. The molecule has 27 heavy (non-hydrogen) atoms. The van der Waals surface area contributed by atoms with Gasteiger partial charge in [-0.1, -0.05) is 34.1 Å². The van der Waals surface area contributed by atoms with Crippen LogP contribution in [-0.4, -0.2) is 23.9 Å². The molecule has 0 radical (unpaired) electrons. The highest BCUT2D eigenvalue weighted by molar-refractivity contribution is 9.10. The molecule has 0 spiro atoms. The number of ether oxygens (including phenoxy) is 1. The molecule has 2 aliphatic rings. The molecular weight excluding hydrogens is 408 g/mol. The van der Waals surface area contributed by atoms with Gasteiger partial charge in [-0.25, -0.2) is 4.79 Å². The normalized spacial score (nSPS) is 21.4. The summed E-state index contributed by atoms with van der Waals surface area (Å²) >= 11 is 3.43. The van der Waals surface area contributed by atoms with Crippen molar-refractivity contribution < 1.29 is 14.3 Å².